The average molecular weight is 379 g/mol. The molecule has 1 aliphatic heterocycles. The van der Waals surface area contributed by atoms with Gasteiger partial charge in [0.05, 0.1) is 5.41 Å². The van der Waals surface area contributed by atoms with Gasteiger partial charge in [0.1, 0.15) is 0 Å². The van der Waals surface area contributed by atoms with E-state index in [2.05, 4.69) is 60.8 Å². The van der Waals surface area contributed by atoms with Gasteiger partial charge in [-0.15, -0.1) is 0 Å². The van der Waals surface area contributed by atoms with Crippen LogP contribution in [0.1, 0.15) is 38.3 Å². The van der Waals surface area contributed by atoms with E-state index in [4.69, 9.17) is 0 Å². The number of aryl methyl sites for hydroxylation is 1. The molecule has 28 heavy (non-hydrogen) atoms. The van der Waals surface area contributed by atoms with Gasteiger partial charge < -0.3 is 10.2 Å². The number of benzene rings is 2. The summed E-state index contributed by atoms with van der Waals surface area (Å²) in [6.45, 7) is 8.73. The van der Waals surface area contributed by atoms with Crippen molar-refractivity contribution in [2.24, 2.45) is 5.41 Å². The van der Waals surface area contributed by atoms with Gasteiger partial charge in [0, 0.05) is 26.1 Å². The minimum atomic E-state index is -0.568. The summed E-state index contributed by atoms with van der Waals surface area (Å²) < 4.78 is 0. The van der Waals surface area contributed by atoms with Crippen molar-refractivity contribution in [3.63, 3.8) is 0 Å². The minimum absolute atomic E-state index is 0.0348. The van der Waals surface area contributed by atoms with E-state index in [1.54, 1.807) is 11.8 Å². The molecule has 0 bridgehead atoms. The van der Waals surface area contributed by atoms with Crippen LogP contribution in [-0.4, -0.2) is 35.8 Å². The van der Waals surface area contributed by atoms with Gasteiger partial charge in [-0.25, -0.2) is 0 Å². The fourth-order valence-electron chi connectivity index (χ4n) is 3.96. The Labute approximate surface area is 167 Å². The van der Waals surface area contributed by atoms with Crippen LogP contribution in [0.15, 0.2) is 48.5 Å². The molecule has 1 atom stereocenters. The van der Waals surface area contributed by atoms with Crippen molar-refractivity contribution in [3.05, 3.63) is 59.7 Å². The Bertz CT molecular complexity index is 857. The van der Waals surface area contributed by atoms with Gasteiger partial charge in [-0.2, -0.15) is 0 Å². The molecule has 148 valence electrons. The van der Waals surface area contributed by atoms with E-state index in [1.807, 2.05) is 13.8 Å². The second-order valence-electron chi connectivity index (χ2n) is 8.34. The first-order valence-electron chi connectivity index (χ1n) is 10.0. The van der Waals surface area contributed by atoms with E-state index in [0.717, 1.165) is 11.1 Å². The van der Waals surface area contributed by atoms with Crippen molar-refractivity contribution in [1.82, 2.24) is 10.2 Å². The number of hydrogen-bond acceptors (Lipinski definition) is 2. The summed E-state index contributed by atoms with van der Waals surface area (Å²) in [6.07, 6.45) is 1.33. The Morgan fingerprint density at radius 3 is 2.43 bits per heavy atom. The molecule has 0 aliphatic carbocycles. The fourth-order valence-corrected chi connectivity index (χ4v) is 3.96. The highest BCUT2D eigenvalue weighted by Crippen LogP contribution is 2.36. The summed E-state index contributed by atoms with van der Waals surface area (Å²) in [4.78, 5) is 26.8. The number of carbonyl (C=O) groups is 2. The van der Waals surface area contributed by atoms with Crippen molar-refractivity contribution >= 4 is 11.8 Å². The van der Waals surface area contributed by atoms with Crippen LogP contribution in [0, 0.1) is 12.3 Å². The molecular weight excluding hydrogens is 348 g/mol. The molecule has 0 unspecified atom stereocenters. The molecule has 1 saturated heterocycles. The van der Waals surface area contributed by atoms with Gasteiger partial charge in [-0.05, 0) is 50.3 Å². The highest BCUT2D eigenvalue weighted by atomic mass is 16.2. The van der Waals surface area contributed by atoms with Gasteiger partial charge in [-0.1, -0.05) is 54.1 Å². The van der Waals surface area contributed by atoms with Crippen molar-refractivity contribution in [1.29, 1.82) is 0 Å². The van der Waals surface area contributed by atoms with Crippen LogP contribution in [0.5, 0.6) is 0 Å². The number of carbonyl (C=O) groups excluding carboxylic acids is 2. The second kappa shape index (κ2) is 8.17. The molecule has 0 radical (unpaired) electrons. The first-order valence-corrected chi connectivity index (χ1v) is 10.0. The Balaban J connectivity index is 1.89. The molecular formula is C24H30N2O2. The standard InChI is InChI=1S/C24H30N2O2/c1-17(2)25-23(28)24(12-13-26(16-24)19(4)27)15-20-6-5-7-22(14-20)21-10-8-18(3)9-11-21/h5-11,14,17H,12-13,15-16H2,1-4H3,(H,25,28)/t24-/m0/s1. The predicted molar refractivity (Wildman–Crippen MR) is 113 cm³/mol. The van der Waals surface area contributed by atoms with Crippen LogP contribution in [0.3, 0.4) is 0 Å². The molecule has 2 amide bonds. The van der Waals surface area contributed by atoms with Gasteiger partial charge in [0.25, 0.3) is 0 Å². The van der Waals surface area contributed by atoms with Gasteiger partial charge in [-0.3, -0.25) is 9.59 Å². The van der Waals surface area contributed by atoms with Crippen LogP contribution < -0.4 is 5.32 Å². The molecule has 0 aromatic heterocycles. The Morgan fingerprint density at radius 1 is 1.11 bits per heavy atom. The summed E-state index contributed by atoms with van der Waals surface area (Å²) >= 11 is 0. The second-order valence-corrected chi connectivity index (χ2v) is 8.34. The van der Waals surface area contributed by atoms with E-state index in [0.29, 0.717) is 25.9 Å². The minimum Gasteiger partial charge on any atom is -0.353 e. The SMILES string of the molecule is CC(=O)N1CC[C@@](Cc2cccc(-c3ccc(C)cc3)c2)(C(=O)NC(C)C)C1. The summed E-state index contributed by atoms with van der Waals surface area (Å²) in [5, 5.41) is 3.08. The zero-order chi connectivity index (χ0) is 20.3. The Hall–Kier alpha value is -2.62. The number of amides is 2. The van der Waals surface area contributed by atoms with Crippen LogP contribution in [-0.2, 0) is 16.0 Å². The predicted octanol–water partition coefficient (Wildman–Crippen LogP) is 3.97. The van der Waals surface area contributed by atoms with E-state index in [9.17, 15) is 9.59 Å². The van der Waals surface area contributed by atoms with E-state index >= 15 is 0 Å². The number of rotatable bonds is 5. The van der Waals surface area contributed by atoms with Crippen molar-refractivity contribution in [2.75, 3.05) is 13.1 Å². The maximum absolute atomic E-state index is 13.1. The molecule has 3 rings (SSSR count). The van der Waals surface area contributed by atoms with Gasteiger partial charge >= 0.3 is 0 Å². The number of nitrogens with one attached hydrogen (secondary N) is 1. The molecule has 2 aromatic rings. The number of likely N-dealkylation sites (tertiary alicyclic amines) is 1. The molecule has 2 aromatic carbocycles. The maximum atomic E-state index is 13.1. The first-order chi connectivity index (χ1) is 13.3. The third-order valence-corrected chi connectivity index (χ3v) is 5.55. The van der Waals surface area contributed by atoms with Gasteiger partial charge in [0.15, 0.2) is 0 Å². The summed E-state index contributed by atoms with van der Waals surface area (Å²) in [5.41, 5.74) is 4.12. The van der Waals surface area contributed by atoms with E-state index in [1.165, 1.54) is 11.1 Å². The lowest BCUT2D eigenvalue weighted by atomic mass is 9.79. The lowest BCUT2D eigenvalue weighted by Crippen LogP contribution is -2.47. The lowest BCUT2D eigenvalue weighted by molar-refractivity contribution is -0.132. The molecule has 0 spiro atoms. The normalized spacial score (nSPS) is 19.1. The molecule has 4 heteroatoms. The van der Waals surface area contributed by atoms with Gasteiger partial charge in [0.2, 0.25) is 11.8 Å². The quantitative estimate of drug-likeness (QED) is 0.856. The fraction of sp³-hybridized carbons (Fsp3) is 0.417. The van der Waals surface area contributed by atoms with Crippen LogP contribution in [0.2, 0.25) is 0 Å². The molecule has 1 aliphatic rings. The molecule has 4 nitrogen and oxygen atoms in total. The number of hydrogen-bond donors (Lipinski definition) is 1. The zero-order valence-electron chi connectivity index (χ0n) is 17.3. The van der Waals surface area contributed by atoms with Crippen LogP contribution in [0.4, 0.5) is 0 Å². The molecule has 1 N–H and O–H groups in total. The topological polar surface area (TPSA) is 49.4 Å². The highest BCUT2D eigenvalue weighted by Gasteiger charge is 2.45. The summed E-state index contributed by atoms with van der Waals surface area (Å²) in [6, 6.07) is 17.0. The monoisotopic (exact) mass is 378 g/mol. The largest absolute Gasteiger partial charge is 0.353 e. The smallest absolute Gasteiger partial charge is 0.228 e. The zero-order valence-corrected chi connectivity index (χ0v) is 17.3. The first kappa shape index (κ1) is 20.1. The molecule has 1 heterocycles. The van der Waals surface area contributed by atoms with Crippen molar-refractivity contribution in [2.45, 2.75) is 46.6 Å². The van der Waals surface area contributed by atoms with E-state index in [-0.39, 0.29) is 17.9 Å². The summed E-state index contributed by atoms with van der Waals surface area (Å²) in [5.74, 6) is 0.0830. The molecule has 1 fully saturated rings. The third kappa shape index (κ3) is 4.44. The third-order valence-electron chi connectivity index (χ3n) is 5.55. The molecule has 0 saturated carbocycles. The lowest BCUT2D eigenvalue weighted by Gasteiger charge is -2.29. The number of nitrogens with zero attached hydrogens (tertiary/aromatic N) is 1. The average Bonchev–Trinajstić information content (AvgIpc) is 3.08. The Morgan fingerprint density at radius 2 is 1.82 bits per heavy atom. The van der Waals surface area contributed by atoms with E-state index < -0.39 is 5.41 Å². The van der Waals surface area contributed by atoms with Crippen LogP contribution in [0.25, 0.3) is 11.1 Å². The Kier molecular flexibility index (Phi) is 5.87. The van der Waals surface area contributed by atoms with Crippen molar-refractivity contribution < 1.29 is 9.59 Å². The van der Waals surface area contributed by atoms with Crippen LogP contribution >= 0.6 is 0 Å². The summed E-state index contributed by atoms with van der Waals surface area (Å²) in [7, 11) is 0. The highest BCUT2D eigenvalue weighted by molar-refractivity contribution is 5.85. The maximum Gasteiger partial charge on any atom is 0.228 e. The van der Waals surface area contributed by atoms with Crippen molar-refractivity contribution in [3.8, 4) is 11.1 Å².